The molecule has 1 aromatic carbocycles. The normalized spacial score (nSPS) is 16.2. The van der Waals surface area contributed by atoms with E-state index >= 15 is 0 Å². The van der Waals surface area contributed by atoms with Crippen LogP contribution in [0.5, 0.6) is 0 Å². The third kappa shape index (κ3) is 3.31. The molecule has 150 valence electrons. The van der Waals surface area contributed by atoms with Gasteiger partial charge in [-0.05, 0) is 44.7 Å². The zero-order valence-corrected chi connectivity index (χ0v) is 16.8. The second-order valence-electron chi connectivity index (χ2n) is 7.75. The fraction of sp³-hybridized carbons (Fsp3) is 0.364. The monoisotopic (exact) mass is 392 g/mol. The fourth-order valence-electron chi connectivity index (χ4n) is 4.10. The van der Waals surface area contributed by atoms with Gasteiger partial charge >= 0.3 is 0 Å². The van der Waals surface area contributed by atoms with Gasteiger partial charge in [0.1, 0.15) is 0 Å². The van der Waals surface area contributed by atoms with Crippen LogP contribution in [-0.2, 0) is 5.60 Å². The molecule has 0 aliphatic carbocycles. The number of hydrogen-bond donors (Lipinski definition) is 1. The predicted octanol–water partition coefficient (Wildman–Crippen LogP) is 2.67. The molecule has 7 nitrogen and oxygen atoms in total. The number of hydrogen-bond acceptors (Lipinski definition) is 5. The summed E-state index contributed by atoms with van der Waals surface area (Å²) in [4.78, 5) is 30.7. The Labute approximate surface area is 169 Å². The molecule has 0 spiro atoms. The van der Waals surface area contributed by atoms with E-state index in [-0.39, 0.29) is 11.7 Å². The van der Waals surface area contributed by atoms with Crippen LogP contribution >= 0.6 is 0 Å². The summed E-state index contributed by atoms with van der Waals surface area (Å²) in [6.07, 6.45) is 2.47. The lowest BCUT2D eigenvalue weighted by Gasteiger charge is -2.39. The van der Waals surface area contributed by atoms with E-state index in [1.165, 1.54) is 17.6 Å². The zero-order chi connectivity index (χ0) is 20.8. The first-order chi connectivity index (χ1) is 13.8. The highest BCUT2D eigenvalue weighted by Crippen LogP contribution is 2.35. The van der Waals surface area contributed by atoms with Crippen LogP contribution in [0.15, 0.2) is 36.5 Å². The molecule has 2 aromatic heterocycles. The minimum absolute atomic E-state index is 0.0909. The van der Waals surface area contributed by atoms with Crippen molar-refractivity contribution in [2.24, 2.45) is 0 Å². The molecule has 7 heteroatoms. The van der Waals surface area contributed by atoms with Crippen molar-refractivity contribution < 1.29 is 14.7 Å². The molecule has 1 saturated heterocycles. The van der Waals surface area contributed by atoms with Crippen molar-refractivity contribution in [2.45, 2.75) is 39.2 Å². The molecule has 0 bridgehead atoms. The minimum atomic E-state index is -0.921. The summed E-state index contributed by atoms with van der Waals surface area (Å²) >= 11 is 0. The number of benzene rings is 1. The SMILES string of the molecule is CC(=O)c1cnc2cc(C(=O)N3CCC(O)(c4ccccc4C)CC3)nn2c1C. The van der Waals surface area contributed by atoms with Gasteiger partial charge in [-0.15, -0.1) is 0 Å². The Morgan fingerprint density at radius 2 is 1.83 bits per heavy atom. The molecular formula is C22H24N4O3. The largest absolute Gasteiger partial charge is 0.385 e. The summed E-state index contributed by atoms with van der Waals surface area (Å²) in [7, 11) is 0. The van der Waals surface area contributed by atoms with Crippen molar-refractivity contribution in [3.05, 3.63) is 64.6 Å². The van der Waals surface area contributed by atoms with E-state index in [4.69, 9.17) is 0 Å². The molecular weight excluding hydrogens is 368 g/mol. The van der Waals surface area contributed by atoms with Crippen molar-refractivity contribution in [3.8, 4) is 0 Å². The second-order valence-corrected chi connectivity index (χ2v) is 7.75. The number of fused-ring (bicyclic) bond motifs is 1. The van der Waals surface area contributed by atoms with E-state index in [0.717, 1.165) is 11.1 Å². The summed E-state index contributed by atoms with van der Waals surface area (Å²) in [6.45, 7) is 6.15. The molecule has 0 unspecified atom stereocenters. The first kappa shape index (κ1) is 19.3. The van der Waals surface area contributed by atoms with Crippen molar-refractivity contribution in [3.63, 3.8) is 0 Å². The van der Waals surface area contributed by atoms with Gasteiger partial charge in [0, 0.05) is 25.4 Å². The van der Waals surface area contributed by atoms with Crippen LogP contribution in [0, 0.1) is 13.8 Å². The van der Waals surface area contributed by atoms with Crippen molar-refractivity contribution in [2.75, 3.05) is 13.1 Å². The van der Waals surface area contributed by atoms with Crippen molar-refractivity contribution >= 4 is 17.3 Å². The van der Waals surface area contributed by atoms with Crippen LogP contribution in [0.3, 0.4) is 0 Å². The lowest BCUT2D eigenvalue weighted by molar-refractivity contribution is -0.0217. The maximum absolute atomic E-state index is 13.0. The van der Waals surface area contributed by atoms with Gasteiger partial charge in [0.05, 0.1) is 16.9 Å². The van der Waals surface area contributed by atoms with Crippen LogP contribution in [-0.4, -0.2) is 49.4 Å². The molecule has 29 heavy (non-hydrogen) atoms. The summed E-state index contributed by atoms with van der Waals surface area (Å²) in [6, 6.07) is 9.47. The number of amides is 1. The number of carbonyl (C=O) groups is 2. The first-order valence-corrected chi connectivity index (χ1v) is 9.74. The number of likely N-dealkylation sites (tertiary alicyclic amines) is 1. The number of rotatable bonds is 3. The number of aromatic nitrogens is 3. The van der Waals surface area contributed by atoms with E-state index in [2.05, 4.69) is 10.1 Å². The number of ketones is 1. The molecule has 3 heterocycles. The second kappa shape index (κ2) is 7.08. The molecule has 1 aliphatic heterocycles. The van der Waals surface area contributed by atoms with Gasteiger partial charge in [0.15, 0.2) is 17.1 Å². The number of Topliss-reactive ketones (excluding diaryl/α,β-unsaturated/α-hetero) is 1. The summed E-state index contributed by atoms with van der Waals surface area (Å²) in [5.41, 5.74) is 3.03. The Balaban J connectivity index is 1.55. The summed E-state index contributed by atoms with van der Waals surface area (Å²) < 4.78 is 1.54. The first-order valence-electron chi connectivity index (χ1n) is 9.74. The summed E-state index contributed by atoms with van der Waals surface area (Å²) in [5.74, 6) is -0.280. The van der Waals surface area contributed by atoms with E-state index < -0.39 is 5.60 Å². The van der Waals surface area contributed by atoms with Crippen LogP contribution in [0.1, 0.15) is 57.4 Å². The Hall–Kier alpha value is -3.06. The van der Waals surface area contributed by atoms with Gasteiger partial charge in [-0.2, -0.15) is 5.10 Å². The van der Waals surface area contributed by atoms with E-state index in [1.807, 2.05) is 31.2 Å². The summed E-state index contributed by atoms with van der Waals surface area (Å²) in [5, 5.41) is 15.5. The predicted molar refractivity (Wildman–Crippen MR) is 108 cm³/mol. The zero-order valence-electron chi connectivity index (χ0n) is 16.8. The lowest BCUT2D eigenvalue weighted by Crippen LogP contribution is -2.45. The van der Waals surface area contributed by atoms with Crippen LogP contribution < -0.4 is 0 Å². The fourth-order valence-corrected chi connectivity index (χ4v) is 4.10. The molecule has 1 amide bonds. The molecule has 1 fully saturated rings. The van der Waals surface area contributed by atoms with Gasteiger partial charge in [-0.1, -0.05) is 24.3 Å². The highest BCUT2D eigenvalue weighted by atomic mass is 16.3. The Bertz CT molecular complexity index is 1110. The van der Waals surface area contributed by atoms with E-state index in [1.54, 1.807) is 17.9 Å². The van der Waals surface area contributed by atoms with Crippen LogP contribution in [0.25, 0.3) is 5.65 Å². The van der Waals surface area contributed by atoms with Gasteiger partial charge < -0.3 is 10.0 Å². The molecule has 1 aliphatic rings. The minimum Gasteiger partial charge on any atom is -0.385 e. The molecule has 0 radical (unpaired) electrons. The van der Waals surface area contributed by atoms with E-state index in [9.17, 15) is 14.7 Å². The smallest absolute Gasteiger partial charge is 0.274 e. The number of piperidine rings is 1. The molecule has 1 N–H and O–H groups in total. The average Bonchev–Trinajstić information content (AvgIpc) is 3.13. The lowest BCUT2D eigenvalue weighted by atomic mass is 9.82. The number of carbonyl (C=O) groups excluding carboxylic acids is 2. The maximum atomic E-state index is 13.0. The molecule has 4 rings (SSSR count). The van der Waals surface area contributed by atoms with Crippen LogP contribution in [0.2, 0.25) is 0 Å². The van der Waals surface area contributed by atoms with Crippen LogP contribution in [0.4, 0.5) is 0 Å². The highest BCUT2D eigenvalue weighted by molar-refractivity contribution is 5.96. The maximum Gasteiger partial charge on any atom is 0.274 e. The van der Waals surface area contributed by atoms with E-state index in [0.29, 0.717) is 48.5 Å². The standard InChI is InChI=1S/C22H24N4O3/c1-14-6-4-5-7-18(14)22(29)8-10-25(11-9-22)21(28)19-12-20-23-13-17(16(3)27)15(2)26(20)24-19/h4-7,12-13,29H,8-11H2,1-3H3. The van der Waals surface area contributed by atoms with Gasteiger partial charge in [-0.3, -0.25) is 9.59 Å². The molecule has 0 saturated carbocycles. The Morgan fingerprint density at radius 3 is 2.48 bits per heavy atom. The highest BCUT2D eigenvalue weighted by Gasteiger charge is 2.37. The molecule has 0 atom stereocenters. The number of nitrogens with zero attached hydrogens (tertiary/aromatic N) is 4. The van der Waals surface area contributed by atoms with Gasteiger partial charge in [-0.25, -0.2) is 9.50 Å². The molecule has 3 aromatic rings. The quantitative estimate of drug-likeness (QED) is 0.693. The Kier molecular flexibility index (Phi) is 4.70. The van der Waals surface area contributed by atoms with Crippen molar-refractivity contribution in [1.29, 1.82) is 0 Å². The van der Waals surface area contributed by atoms with Gasteiger partial charge in [0.2, 0.25) is 0 Å². The average molecular weight is 392 g/mol. The van der Waals surface area contributed by atoms with Crippen molar-refractivity contribution in [1.82, 2.24) is 19.5 Å². The topological polar surface area (TPSA) is 87.8 Å². The third-order valence-electron chi connectivity index (χ3n) is 5.85. The number of aryl methyl sites for hydroxylation is 2. The Morgan fingerprint density at radius 1 is 1.14 bits per heavy atom. The van der Waals surface area contributed by atoms with Gasteiger partial charge in [0.25, 0.3) is 5.91 Å². The third-order valence-corrected chi connectivity index (χ3v) is 5.85. The number of aliphatic hydroxyl groups is 1.